The SMILES string of the molecule is CC(=O)CCCCn1cc(Cl)c2ccccc21. The number of benzene rings is 1. The lowest BCUT2D eigenvalue weighted by Gasteiger charge is -2.04. The Labute approximate surface area is 106 Å². The molecule has 0 spiro atoms. The van der Waals surface area contributed by atoms with Crippen LogP contribution in [0.3, 0.4) is 0 Å². The van der Waals surface area contributed by atoms with Crippen LogP contribution in [0.5, 0.6) is 0 Å². The van der Waals surface area contributed by atoms with Crippen LogP contribution in [-0.4, -0.2) is 10.4 Å². The Bertz CT molecular complexity index is 530. The number of nitrogens with zero attached hydrogens (tertiary/aromatic N) is 1. The molecule has 2 nitrogen and oxygen atoms in total. The van der Waals surface area contributed by atoms with Gasteiger partial charge in [-0.25, -0.2) is 0 Å². The maximum Gasteiger partial charge on any atom is 0.129 e. The summed E-state index contributed by atoms with van der Waals surface area (Å²) in [5.74, 6) is 0.264. The predicted octanol–water partition coefficient (Wildman–Crippen LogP) is 4.05. The lowest BCUT2D eigenvalue weighted by atomic mass is 10.2. The van der Waals surface area contributed by atoms with Gasteiger partial charge in [-0.15, -0.1) is 0 Å². The second-order valence-corrected chi connectivity index (χ2v) is 4.75. The van der Waals surface area contributed by atoms with Crippen molar-refractivity contribution in [3.63, 3.8) is 0 Å². The minimum absolute atomic E-state index is 0.264. The molecule has 0 N–H and O–H groups in total. The summed E-state index contributed by atoms with van der Waals surface area (Å²) in [5.41, 5.74) is 1.17. The third-order valence-corrected chi connectivity index (χ3v) is 3.22. The summed E-state index contributed by atoms with van der Waals surface area (Å²) in [6.07, 6.45) is 4.60. The number of rotatable bonds is 5. The molecule has 0 radical (unpaired) electrons. The zero-order chi connectivity index (χ0) is 12.3. The Morgan fingerprint density at radius 2 is 2.06 bits per heavy atom. The molecule has 0 amide bonds. The molecule has 0 bridgehead atoms. The van der Waals surface area contributed by atoms with Gasteiger partial charge in [0.15, 0.2) is 0 Å². The number of para-hydroxylation sites is 1. The highest BCUT2D eigenvalue weighted by Gasteiger charge is 2.05. The van der Waals surface area contributed by atoms with Gasteiger partial charge in [-0.3, -0.25) is 0 Å². The molecule has 2 rings (SSSR count). The molecule has 1 heterocycles. The zero-order valence-corrected chi connectivity index (χ0v) is 10.7. The molecule has 0 fully saturated rings. The van der Waals surface area contributed by atoms with Crippen molar-refractivity contribution >= 4 is 28.3 Å². The van der Waals surface area contributed by atoms with Crippen LogP contribution in [0.1, 0.15) is 26.2 Å². The van der Waals surface area contributed by atoms with Gasteiger partial charge in [-0.2, -0.15) is 0 Å². The Morgan fingerprint density at radius 3 is 2.82 bits per heavy atom. The van der Waals surface area contributed by atoms with Crippen LogP contribution in [0.4, 0.5) is 0 Å². The fraction of sp³-hybridized carbons (Fsp3) is 0.357. The third kappa shape index (κ3) is 2.89. The number of Topliss-reactive ketones (excluding diaryl/α,β-unsaturated/α-hetero) is 1. The van der Waals surface area contributed by atoms with Gasteiger partial charge in [0.1, 0.15) is 5.78 Å². The first kappa shape index (κ1) is 12.2. The van der Waals surface area contributed by atoms with Crippen LogP contribution < -0.4 is 0 Å². The number of fused-ring (bicyclic) bond motifs is 1. The van der Waals surface area contributed by atoms with Gasteiger partial charge >= 0.3 is 0 Å². The summed E-state index contributed by atoms with van der Waals surface area (Å²) in [7, 11) is 0. The van der Waals surface area contributed by atoms with E-state index in [4.69, 9.17) is 11.6 Å². The minimum atomic E-state index is 0.264. The zero-order valence-electron chi connectivity index (χ0n) is 9.95. The summed E-state index contributed by atoms with van der Waals surface area (Å²) < 4.78 is 2.16. The lowest BCUT2D eigenvalue weighted by molar-refractivity contribution is -0.117. The van der Waals surface area contributed by atoms with Gasteiger partial charge in [0.05, 0.1) is 5.02 Å². The summed E-state index contributed by atoms with van der Waals surface area (Å²) >= 11 is 6.17. The number of hydrogen-bond acceptors (Lipinski definition) is 1. The van der Waals surface area contributed by atoms with E-state index in [1.165, 1.54) is 5.52 Å². The molecule has 0 atom stereocenters. The van der Waals surface area contributed by atoms with Gasteiger partial charge < -0.3 is 9.36 Å². The largest absolute Gasteiger partial charge is 0.346 e. The number of carbonyl (C=O) groups is 1. The van der Waals surface area contributed by atoms with Crippen LogP contribution in [-0.2, 0) is 11.3 Å². The molecule has 2 aromatic rings. The average molecular weight is 250 g/mol. The van der Waals surface area contributed by atoms with E-state index in [-0.39, 0.29) is 5.78 Å². The number of unbranched alkanes of at least 4 members (excludes halogenated alkanes) is 1. The van der Waals surface area contributed by atoms with E-state index in [1.54, 1.807) is 6.92 Å². The van der Waals surface area contributed by atoms with Crippen molar-refractivity contribution in [2.45, 2.75) is 32.7 Å². The fourth-order valence-electron chi connectivity index (χ4n) is 2.04. The first-order valence-corrected chi connectivity index (χ1v) is 6.29. The van der Waals surface area contributed by atoms with Crippen molar-refractivity contribution in [1.82, 2.24) is 4.57 Å². The molecule has 0 unspecified atom stereocenters. The Morgan fingerprint density at radius 1 is 1.29 bits per heavy atom. The van der Waals surface area contributed by atoms with Crippen molar-refractivity contribution in [2.24, 2.45) is 0 Å². The van der Waals surface area contributed by atoms with E-state index in [1.807, 2.05) is 24.4 Å². The molecule has 1 aromatic carbocycles. The van der Waals surface area contributed by atoms with Crippen molar-refractivity contribution in [3.8, 4) is 0 Å². The Hall–Kier alpha value is -1.28. The summed E-state index contributed by atoms with van der Waals surface area (Å²) in [6.45, 7) is 2.56. The second-order valence-electron chi connectivity index (χ2n) is 4.35. The number of aromatic nitrogens is 1. The third-order valence-electron chi connectivity index (χ3n) is 2.92. The number of ketones is 1. The van der Waals surface area contributed by atoms with Crippen molar-refractivity contribution in [3.05, 3.63) is 35.5 Å². The van der Waals surface area contributed by atoms with Crippen molar-refractivity contribution in [1.29, 1.82) is 0 Å². The quantitative estimate of drug-likeness (QED) is 0.733. The van der Waals surface area contributed by atoms with E-state index in [0.29, 0.717) is 6.42 Å². The highest BCUT2D eigenvalue weighted by atomic mass is 35.5. The van der Waals surface area contributed by atoms with Gasteiger partial charge in [-0.1, -0.05) is 29.8 Å². The van der Waals surface area contributed by atoms with E-state index in [9.17, 15) is 4.79 Å². The van der Waals surface area contributed by atoms with Gasteiger partial charge in [0.2, 0.25) is 0 Å². The van der Waals surface area contributed by atoms with E-state index < -0.39 is 0 Å². The van der Waals surface area contributed by atoms with Crippen LogP contribution in [0.2, 0.25) is 5.02 Å². The Balaban J connectivity index is 2.06. The normalized spacial score (nSPS) is 10.9. The summed E-state index contributed by atoms with van der Waals surface area (Å²) in [5, 5.41) is 1.90. The highest BCUT2D eigenvalue weighted by Crippen LogP contribution is 2.25. The van der Waals surface area contributed by atoms with Crippen LogP contribution in [0.15, 0.2) is 30.5 Å². The van der Waals surface area contributed by atoms with Crippen LogP contribution >= 0.6 is 11.6 Å². The summed E-state index contributed by atoms with van der Waals surface area (Å²) in [6, 6.07) is 8.12. The maximum atomic E-state index is 10.8. The van der Waals surface area contributed by atoms with Gasteiger partial charge in [0.25, 0.3) is 0 Å². The number of carbonyl (C=O) groups excluding carboxylic acids is 1. The standard InChI is InChI=1S/C14H16ClNO/c1-11(17)6-4-5-9-16-10-13(15)12-7-2-3-8-14(12)16/h2-3,7-8,10H,4-6,9H2,1H3. The monoisotopic (exact) mass is 249 g/mol. The van der Waals surface area contributed by atoms with E-state index >= 15 is 0 Å². The van der Waals surface area contributed by atoms with Crippen LogP contribution in [0.25, 0.3) is 10.9 Å². The number of halogens is 1. The topological polar surface area (TPSA) is 22.0 Å². The molecule has 17 heavy (non-hydrogen) atoms. The molecule has 0 saturated carbocycles. The summed E-state index contributed by atoms with van der Waals surface area (Å²) in [4.78, 5) is 10.8. The highest BCUT2D eigenvalue weighted by molar-refractivity contribution is 6.35. The smallest absolute Gasteiger partial charge is 0.129 e. The minimum Gasteiger partial charge on any atom is -0.346 e. The molecular weight excluding hydrogens is 234 g/mol. The van der Waals surface area contributed by atoms with Crippen molar-refractivity contribution in [2.75, 3.05) is 0 Å². The fourth-order valence-corrected chi connectivity index (χ4v) is 2.32. The molecule has 0 aliphatic rings. The molecule has 90 valence electrons. The molecule has 3 heteroatoms. The first-order valence-electron chi connectivity index (χ1n) is 5.91. The van der Waals surface area contributed by atoms with E-state index in [0.717, 1.165) is 29.8 Å². The molecule has 0 aliphatic carbocycles. The van der Waals surface area contributed by atoms with Crippen molar-refractivity contribution < 1.29 is 4.79 Å². The van der Waals surface area contributed by atoms with Crippen LogP contribution in [0, 0.1) is 0 Å². The first-order chi connectivity index (χ1) is 8.18. The van der Waals surface area contributed by atoms with Gasteiger partial charge in [-0.05, 0) is 25.8 Å². The average Bonchev–Trinajstić information content (AvgIpc) is 2.63. The molecule has 0 aliphatic heterocycles. The van der Waals surface area contributed by atoms with Gasteiger partial charge in [0, 0.05) is 30.1 Å². The number of hydrogen-bond donors (Lipinski definition) is 0. The Kier molecular flexibility index (Phi) is 3.85. The second kappa shape index (κ2) is 5.37. The number of aryl methyl sites for hydroxylation is 1. The predicted molar refractivity (Wildman–Crippen MR) is 71.5 cm³/mol. The molecule has 0 saturated heterocycles. The lowest BCUT2D eigenvalue weighted by Crippen LogP contribution is -1.97. The van der Waals surface area contributed by atoms with E-state index in [2.05, 4.69) is 10.6 Å². The molecular formula is C14H16ClNO. The maximum absolute atomic E-state index is 10.8. The molecule has 1 aromatic heterocycles.